The zero-order chi connectivity index (χ0) is 12.1. The molecule has 0 radical (unpaired) electrons. The molecule has 0 aliphatic rings. The predicted molar refractivity (Wildman–Crippen MR) is 67.3 cm³/mol. The van der Waals surface area contributed by atoms with Crippen molar-refractivity contribution in [2.75, 3.05) is 0 Å². The van der Waals surface area contributed by atoms with Crippen LogP contribution in [0.2, 0.25) is 0 Å². The number of hydrogen-bond donors (Lipinski definition) is 1. The van der Waals surface area contributed by atoms with E-state index in [0.717, 1.165) is 25.0 Å². The van der Waals surface area contributed by atoms with Gasteiger partial charge in [0.25, 0.3) is 0 Å². The number of hydrogen-bond acceptors (Lipinski definition) is 3. The lowest BCUT2D eigenvalue weighted by atomic mass is 10.0. The Morgan fingerprint density at radius 1 is 1.29 bits per heavy atom. The van der Waals surface area contributed by atoms with Crippen molar-refractivity contribution in [3.63, 3.8) is 0 Å². The second-order valence-electron chi connectivity index (χ2n) is 4.30. The average molecular weight is 230 g/mol. The minimum absolute atomic E-state index is 0.00703. The maximum atomic E-state index is 6.06. The Morgan fingerprint density at radius 3 is 2.71 bits per heavy atom. The third kappa shape index (κ3) is 3.39. The normalized spacial score (nSPS) is 12.6. The molecule has 0 amide bonds. The van der Waals surface area contributed by atoms with Crippen LogP contribution in [0.25, 0.3) is 0 Å². The van der Waals surface area contributed by atoms with Gasteiger partial charge in [0.1, 0.15) is 0 Å². The fourth-order valence-electron chi connectivity index (χ4n) is 1.85. The molecule has 0 saturated heterocycles. The van der Waals surface area contributed by atoms with Gasteiger partial charge in [0, 0.05) is 13.2 Å². The Balaban J connectivity index is 1.79. The van der Waals surface area contributed by atoms with E-state index in [0.29, 0.717) is 0 Å². The summed E-state index contributed by atoms with van der Waals surface area (Å²) in [6.07, 6.45) is 4.96. The molecule has 0 aliphatic carbocycles. The lowest BCUT2D eigenvalue weighted by Gasteiger charge is -2.07. The Kier molecular flexibility index (Phi) is 3.88. The molecule has 0 fully saturated rings. The molecule has 2 aromatic rings. The molecule has 0 spiro atoms. The van der Waals surface area contributed by atoms with Gasteiger partial charge in [0.05, 0.1) is 11.7 Å². The van der Waals surface area contributed by atoms with Crippen LogP contribution in [0, 0.1) is 0 Å². The SMILES string of the molecule is Cn1cc(C(N)CCCc2ccccc2)nn1. The van der Waals surface area contributed by atoms with E-state index in [1.165, 1.54) is 5.56 Å². The van der Waals surface area contributed by atoms with Crippen molar-refractivity contribution in [1.82, 2.24) is 15.0 Å². The molecule has 0 bridgehead atoms. The van der Waals surface area contributed by atoms with Gasteiger partial charge in [-0.1, -0.05) is 35.5 Å². The number of rotatable bonds is 5. The monoisotopic (exact) mass is 230 g/mol. The number of benzene rings is 1. The highest BCUT2D eigenvalue weighted by Gasteiger charge is 2.09. The Labute approximate surface area is 101 Å². The number of nitrogens with zero attached hydrogens (tertiary/aromatic N) is 3. The molecule has 90 valence electrons. The van der Waals surface area contributed by atoms with Crippen molar-refractivity contribution in [3.05, 3.63) is 47.8 Å². The maximum absolute atomic E-state index is 6.06. The summed E-state index contributed by atoms with van der Waals surface area (Å²) in [5, 5.41) is 7.92. The number of aryl methyl sites for hydroxylation is 2. The molecule has 1 aromatic carbocycles. The van der Waals surface area contributed by atoms with Crippen LogP contribution in [0.3, 0.4) is 0 Å². The maximum Gasteiger partial charge on any atom is 0.0993 e. The summed E-state index contributed by atoms with van der Waals surface area (Å²) in [4.78, 5) is 0. The summed E-state index contributed by atoms with van der Waals surface area (Å²) in [6.45, 7) is 0. The molecule has 2 rings (SSSR count). The molecule has 1 aromatic heterocycles. The minimum Gasteiger partial charge on any atom is -0.323 e. The molecular formula is C13H18N4. The van der Waals surface area contributed by atoms with Crippen LogP contribution in [0.4, 0.5) is 0 Å². The van der Waals surface area contributed by atoms with Crippen LogP contribution in [0.1, 0.15) is 30.1 Å². The van der Waals surface area contributed by atoms with Gasteiger partial charge >= 0.3 is 0 Å². The second-order valence-corrected chi connectivity index (χ2v) is 4.30. The second kappa shape index (κ2) is 5.59. The van der Waals surface area contributed by atoms with E-state index in [1.807, 2.05) is 19.3 Å². The third-order valence-corrected chi connectivity index (χ3v) is 2.82. The van der Waals surface area contributed by atoms with Crippen LogP contribution in [0.15, 0.2) is 36.5 Å². The molecule has 1 heterocycles. The first-order chi connectivity index (χ1) is 8.25. The van der Waals surface area contributed by atoms with Gasteiger partial charge in [-0.3, -0.25) is 4.68 Å². The van der Waals surface area contributed by atoms with Crippen molar-refractivity contribution in [1.29, 1.82) is 0 Å². The molecule has 1 unspecified atom stereocenters. The molecule has 2 N–H and O–H groups in total. The van der Waals surface area contributed by atoms with E-state index < -0.39 is 0 Å². The summed E-state index contributed by atoms with van der Waals surface area (Å²) in [5.74, 6) is 0. The average Bonchev–Trinajstić information content (AvgIpc) is 2.77. The van der Waals surface area contributed by atoms with E-state index in [1.54, 1.807) is 4.68 Å². The molecule has 4 nitrogen and oxygen atoms in total. The van der Waals surface area contributed by atoms with E-state index in [4.69, 9.17) is 5.73 Å². The first-order valence-electron chi connectivity index (χ1n) is 5.91. The Hall–Kier alpha value is -1.68. The van der Waals surface area contributed by atoms with Gasteiger partial charge in [-0.15, -0.1) is 5.10 Å². The van der Waals surface area contributed by atoms with E-state index >= 15 is 0 Å². The summed E-state index contributed by atoms with van der Waals surface area (Å²) < 4.78 is 1.69. The summed E-state index contributed by atoms with van der Waals surface area (Å²) in [7, 11) is 1.85. The van der Waals surface area contributed by atoms with Gasteiger partial charge in [-0.05, 0) is 24.8 Å². The highest BCUT2D eigenvalue weighted by Crippen LogP contribution is 2.14. The fraction of sp³-hybridized carbons (Fsp3) is 0.385. The van der Waals surface area contributed by atoms with E-state index in [2.05, 4.69) is 34.6 Å². The first kappa shape index (κ1) is 11.8. The first-order valence-corrected chi connectivity index (χ1v) is 5.91. The van der Waals surface area contributed by atoms with Crippen LogP contribution in [-0.4, -0.2) is 15.0 Å². The zero-order valence-corrected chi connectivity index (χ0v) is 10.1. The summed E-state index contributed by atoms with van der Waals surface area (Å²) >= 11 is 0. The highest BCUT2D eigenvalue weighted by atomic mass is 15.4. The van der Waals surface area contributed by atoms with Gasteiger partial charge in [-0.2, -0.15) is 0 Å². The van der Waals surface area contributed by atoms with E-state index in [-0.39, 0.29) is 6.04 Å². The lowest BCUT2D eigenvalue weighted by Crippen LogP contribution is -2.11. The van der Waals surface area contributed by atoms with Crippen LogP contribution in [0.5, 0.6) is 0 Å². The van der Waals surface area contributed by atoms with Crippen molar-refractivity contribution < 1.29 is 0 Å². The van der Waals surface area contributed by atoms with Crippen molar-refractivity contribution in [2.24, 2.45) is 12.8 Å². The molecule has 4 heteroatoms. The Morgan fingerprint density at radius 2 is 2.06 bits per heavy atom. The molecular weight excluding hydrogens is 212 g/mol. The van der Waals surface area contributed by atoms with Gasteiger partial charge < -0.3 is 5.73 Å². The molecule has 17 heavy (non-hydrogen) atoms. The van der Waals surface area contributed by atoms with Crippen molar-refractivity contribution >= 4 is 0 Å². The van der Waals surface area contributed by atoms with E-state index in [9.17, 15) is 0 Å². The molecule has 0 saturated carbocycles. The van der Waals surface area contributed by atoms with Crippen LogP contribution < -0.4 is 5.73 Å². The van der Waals surface area contributed by atoms with Gasteiger partial charge in [0.15, 0.2) is 0 Å². The largest absolute Gasteiger partial charge is 0.323 e. The topological polar surface area (TPSA) is 56.7 Å². The minimum atomic E-state index is -0.00703. The number of aromatic nitrogens is 3. The summed E-state index contributed by atoms with van der Waals surface area (Å²) in [6, 6.07) is 10.5. The lowest BCUT2D eigenvalue weighted by molar-refractivity contribution is 0.596. The highest BCUT2D eigenvalue weighted by molar-refractivity contribution is 5.14. The summed E-state index contributed by atoms with van der Waals surface area (Å²) in [5.41, 5.74) is 8.29. The van der Waals surface area contributed by atoms with Crippen LogP contribution >= 0.6 is 0 Å². The number of nitrogens with two attached hydrogens (primary N) is 1. The predicted octanol–water partition coefficient (Wildman–Crippen LogP) is 1.84. The molecule has 0 aliphatic heterocycles. The Bertz CT molecular complexity index is 449. The van der Waals surface area contributed by atoms with Crippen molar-refractivity contribution in [3.8, 4) is 0 Å². The third-order valence-electron chi connectivity index (χ3n) is 2.82. The standard InChI is InChI=1S/C13H18N4/c1-17-10-13(15-16-17)12(14)9-5-8-11-6-3-2-4-7-11/h2-4,6-7,10,12H,5,8-9,14H2,1H3. The molecule has 1 atom stereocenters. The fourth-order valence-corrected chi connectivity index (χ4v) is 1.85. The van der Waals surface area contributed by atoms with Crippen molar-refractivity contribution in [2.45, 2.75) is 25.3 Å². The van der Waals surface area contributed by atoms with Crippen LogP contribution in [-0.2, 0) is 13.5 Å². The quantitative estimate of drug-likeness (QED) is 0.852. The van der Waals surface area contributed by atoms with Gasteiger partial charge in [-0.25, -0.2) is 0 Å². The smallest absolute Gasteiger partial charge is 0.0993 e. The zero-order valence-electron chi connectivity index (χ0n) is 10.1. The van der Waals surface area contributed by atoms with Gasteiger partial charge in [0.2, 0.25) is 0 Å².